The van der Waals surface area contributed by atoms with Gasteiger partial charge in [0.25, 0.3) is 0 Å². The molecule has 0 spiro atoms. The molecule has 0 heterocycles. The molecule has 0 amide bonds. The van der Waals surface area contributed by atoms with E-state index in [9.17, 15) is 4.39 Å². The Balaban J connectivity index is 2.01. The second-order valence-electron chi connectivity index (χ2n) is 6.60. The van der Waals surface area contributed by atoms with E-state index < -0.39 is 0 Å². The van der Waals surface area contributed by atoms with Crippen molar-refractivity contribution in [2.75, 3.05) is 0 Å². The van der Waals surface area contributed by atoms with E-state index in [0.717, 1.165) is 24.7 Å². The topological polar surface area (TPSA) is 38.0 Å². The number of rotatable bonds is 5. The fraction of sp³-hybridized carbons (Fsp3) is 0.647. The molecule has 1 aromatic carbocycles. The normalized spacial score (nSPS) is 24.3. The van der Waals surface area contributed by atoms with Crippen LogP contribution in [-0.2, 0) is 6.42 Å². The van der Waals surface area contributed by atoms with Gasteiger partial charge in [0.2, 0.25) is 0 Å². The molecule has 118 valence electrons. The lowest BCUT2D eigenvalue weighted by Gasteiger charge is -2.35. The summed E-state index contributed by atoms with van der Waals surface area (Å²) in [4.78, 5) is 0. The highest BCUT2D eigenvalue weighted by atomic mass is 35.5. The summed E-state index contributed by atoms with van der Waals surface area (Å²) in [6.45, 7) is 4.59. The molecule has 3 N–H and O–H groups in total. The second kappa shape index (κ2) is 7.57. The van der Waals surface area contributed by atoms with Crippen molar-refractivity contribution in [1.29, 1.82) is 0 Å². The number of benzene rings is 1. The third kappa shape index (κ3) is 4.18. The fourth-order valence-electron chi connectivity index (χ4n) is 3.52. The van der Waals surface area contributed by atoms with Crippen LogP contribution in [0.5, 0.6) is 0 Å². The van der Waals surface area contributed by atoms with Crippen LogP contribution in [0.25, 0.3) is 0 Å². The van der Waals surface area contributed by atoms with Gasteiger partial charge in [-0.2, -0.15) is 0 Å². The molecule has 4 heteroatoms. The Morgan fingerprint density at radius 1 is 1.24 bits per heavy atom. The fourth-order valence-corrected chi connectivity index (χ4v) is 3.76. The molecule has 0 saturated heterocycles. The summed E-state index contributed by atoms with van der Waals surface area (Å²) in [5.41, 5.74) is 3.47. The SMILES string of the molecule is CC(C)C1CCC(C(Cc2c(F)cccc2Cl)NN)CC1. The minimum absolute atomic E-state index is 0.0903. The van der Waals surface area contributed by atoms with Gasteiger partial charge in [0.15, 0.2) is 0 Å². The number of nitrogens with two attached hydrogens (primary N) is 1. The van der Waals surface area contributed by atoms with Crippen molar-refractivity contribution < 1.29 is 4.39 Å². The minimum Gasteiger partial charge on any atom is -0.271 e. The monoisotopic (exact) mass is 312 g/mol. The molecule has 0 radical (unpaired) electrons. The Hall–Kier alpha value is -0.640. The van der Waals surface area contributed by atoms with Crippen molar-refractivity contribution in [1.82, 2.24) is 5.43 Å². The van der Waals surface area contributed by atoms with Crippen molar-refractivity contribution in [3.8, 4) is 0 Å². The molecule has 2 rings (SSSR count). The maximum Gasteiger partial charge on any atom is 0.127 e. The molecule has 21 heavy (non-hydrogen) atoms. The first-order valence-electron chi connectivity index (χ1n) is 7.92. The lowest BCUT2D eigenvalue weighted by atomic mass is 9.74. The summed E-state index contributed by atoms with van der Waals surface area (Å²) in [5.74, 6) is 7.56. The van der Waals surface area contributed by atoms with E-state index >= 15 is 0 Å². The lowest BCUT2D eigenvalue weighted by molar-refractivity contribution is 0.187. The molecule has 0 aromatic heterocycles. The summed E-state index contributed by atoms with van der Waals surface area (Å²) in [6.07, 6.45) is 5.35. The van der Waals surface area contributed by atoms with Gasteiger partial charge < -0.3 is 0 Å². The summed E-state index contributed by atoms with van der Waals surface area (Å²) in [7, 11) is 0. The van der Waals surface area contributed by atoms with Crippen LogP contribution in [0.4, 0.5) is 4.39 Å². The van der Waals surface area contributed by atoms with Crippen molar-refractivity contribution in [3.05, 3.63) is 34.6 Å². The number of hydrogen-bond donors (Lipinski definition) is 2. The highest BCUT2D eigenvalue weighted by Crippen LogP contribution is 2.36. The van der Waals surface area contributed by atoms with Crippen LogP contribution < -0.4 is 11.3 Å². The first-order valence-corrected chi connectivity index (χ1v) is 8.29. The van der Waals surface area contributed by atoms with E-state index in [2.05, 4.69) is 19.3 Å². The molecule has 1 aliphatic rings. The second-order valence-corrected chi connectivity index (χ2v) is 7.00. The van der Waals surface area contributed by atoms with Crippen molar-refractivity contribution in [2.24, 2.45) is 23.6 Å². The molecule has 1 atom stereocenters. The molecule has 1 saturated carbocycles. The quantitative estimate of drug-likeness (QED) is 0.628. The summed E-state index contributed by atoms with van der Waals surface area (Å²) in [6, 6.07) is 4.93. The van der Waals surface area contributed by atoms with Crippen LogP contribution in [0.15, 0.2) is 18.2 Å². The van der Waals surface area contributed by atoms with Crippen LogP contribution >= 0.6 is 11.6 Å². The van der Waals surface area contributed by atoms with E-state index in [4.69, 9.17) is 17.4 Å². The van der Waals surface area contributed by atoms with Gasteiger partial charge in [-0.3, -0.25) is 11.3 Å². The third-order valence-electron chi connectivity index (χ3n) is 5.03. The smallest absolute Gasteiger partial charge is 0.127 e. The average Bonchev–Trinajstić information content (AvgIpc) is 2.47. The van der Waals surface area contributed by atoms with E-state index in [1.165, 1.54) is 18.9 Å². The first-order chi connectivity index (χ1) is 10.0. The zero-order chi connectivity index (χ0) is 15.4. The average molecular weight is 313 g/mol. The van der Waals surface area contributed by atoms with Crippen LogP contribution in [0.2, 0.25) is 5.02 Å². The Bertz CT molecular complexity index is 436. The van der Waals surface area contributed by atoms with Crippen LogP contribution in [0, 0.1) is 23.6 Å². The zero-order valence-electron chi connectivity index (χ0n) is 12.9. The Kier molecular flexibility index (Phi) is 6.03. The molecule has 1 unspecified atom stereocenters. The molecule has 2 nitrogen and oxygen atoms in total. The van der Waals surface area contributed by atoms with Gasteiger partial charge in [0.05, 0.1) is 0 Å². The zero-order valence-corrected chi connectivity index (χ0v) is 13.7. The van der Waals surface area contributed by atoms with Crippen LogP contribution in [-0.4, -0.2) is 6.04 Å². The number of hydrazine groups is 1. The van der Waals surface area contributed by atoms with Crippen molar-refractivity contribution >= 4 is 11.6 Å². The largest absolute Gasteiger partial charge is 0.271 e. The van der Waals surface area contributed by atoms with E-state index in [0.29, 0.717) is 22.9 Å². The summed E-state index contributed by atoms with van der Waals surface area (Å²) >= 11 is 6.13. The third-order valence-corrected chi connectivity index (χ3v) is 5.38. The number of nitrogens with one attached hydrogen (secondary N) is 1. The van der Waals surface area contributed by atoms with E-state index in [1.807, 2.05) is 0 Å². The van der Waals surface area contributed by atoms with Gasteiger partial charge in [-0.25, -0.2) is 4.39 Å². The first kappa shape index (κ1) is 16.7. The van der Waals surface area contributed by atoms with Crippen molar-refractivity contribution in [2.45, 2.75) is 52.0 Å². The van der Waals surface area contributed by atoms with E-state index in [1.54, 1.807) is 12.1 Å². The van der Waals surface area contributed by atoms with Gasteiger partial charge >= 0.3 is 0 Å². The predicted molar refractivity (Wildman–Crippen MR) is 86.5 cm³/mol. The van der Waals surface area contributed by atoms with Crippen molar-refractivity contribution in [3.63, 3.8) is 0 Å². The predicted octanol–water partition coefficient (Wildman–Crippen LogP) is 4.32. The van der Waals surface area contributed by atoms with Crippen LogP contribution in [0.1, 0.15) is 45.1 Å². The van der Waals surface area contributed by atoms with Gasteiger partial charge in [0.1, 0.15) is 5.82 Å². The summed E-state index contributed by atoms with van der Waals surface area (Å²) in [5, 5.41) is 0.492. The highest BCUT2D eigenvalue weighted by molar-refractivity contribution is 6.31. The Labute approximate surface area is 132 Å². The maximum absolute atomic E-state index is 13.9. The maximum atomic E-state index is 13.9. The summed E-state index contributed by atoms with van der Waals surface area (Å²) < 4.78 is 13.9. The van der Waals surface area contributed by atoms with Gasteiger partial charge in [-0.05, 0) is 62.0 Å². The standard InChI is InChI=1S/C17H26ClFN2/c1-11(2)12-6-8-13(9-7-12)17(21-20)10-14-15(18)4-3-5-16(14)19/h3-5,11-13,17,21H,6-10,20H2,1-2H3. The molecule has 1 aromatic rings. The Morgan fingerprint density at radius 2 is 1.86 bits per heavy atom. The lowest BCUT2D eigenvalue weighted by Crippen LogP contribution is -2.44. The van der Waals surface area contributed by atoms with Crippen LogP contribution in [0.3, 0.4) is 0 Å². The number of halogens is 2. The molecule has 1 aliphatic carbocycles. The van der Waals surface area contributed by atoms with Gasteiger partial charge in [-0.15, -0.1) is 0 Å². The van der Waals surface area contributed by atoms with E-state index in [-0.39, 0.29) is 11.9 Å². The minimum atomic E-state index is -0.237. The molecule has 1 fully saturated rings. The molecular formula is C17H26ClFN2. The van der Waals surface area contributed by atoms with Gasteiger partial charge in [0, 0.05) is 16.6 Å². The molecule has 0 aliphatic heterocycles. The number of hydrogen-bond acceptors (Lipinski definition) is 2. The molecule has 0 bridgehead atoms. The highest BCUT2D eigenvalue weighted by Gasteiger charge is 2.29. The molecular weight excluding hydrogens is 287 g/mol. The Morgan fingerprint density at radius 3 is 2.38 bits per heavy atom. The van der Waals surface area contributed by atoms with Gasteiger partial charge in [-0.1, -0.05) is 31.5 Å².